The number of ketones is 1. The van der Waals surface area contributed by atoms with Gasteiger partial charge in [0.1, 0.15) is 5.75 Å². The summed E-state index contributed by atoms with van der Waals surface area (Å²) in [4.78, 5) is 22.3. The van der Waals surface area contributed by atoms with E-state index in [1.807, 2.05) is 6.08 Å². The number of unbranched alkanes of at least 4 members (excludes halogenated alkanes) is 3. The molecule has 0 heterocycles. The Hall–Kier alpha value is -2.16. The second-order valence-corrected chi connectivity index (χ2v) is 4.57. The summed E-state index contributed by atoms with van der Waals surface area (Å²) in [5.41, 5.74) is 0.923. The summed E-state index contributed by atoms with van der Waals surface area (Å²) < 4.78 is 0. The number of rotatable bonds is 8. The van der Waals surface area contributed by atoms with Crippen LogP contribution in [0.2, 0.25) is 0 Å². The van der Waals surface area contributed by atoms with Crippen molar-refractivity contribution < 1.29 is 14.7 Å². The minimum Gasteiger partial charge on any atom is -0.507 e. The Labute approximate surface area is 119 Å². The predicted molar refractivity (Wildman–Crippen MR) is 80.8 cm³/mol. The molecule has 0 saturated carbocycles. The van der Waals surface area contributed by atoms with Gasteiger partial charge in [0.15, 0.2) is 12.1 Å². The monoisotopic (exact) mass is 272 g/mol. The molecule has 0 fully saturated rings. The molecule has 0 aromatic heterocycles. The highest BCUT2D eigenvalue weighted by molar-refractivity contribution is 6.02. The van der Waals surface area contributed by atoms with E-state index in [1.165, 1.54) is 31.1 Å². The second kappa shape index (κ2) is 8.86. The average molecular weight is 272 g/mol. The lowest BCUT2D eigenvalue weighted by Gasteiger charge is -1.98. The van der Waals surface area contributed by atoms with Crippen molar-refractivity contribution >= 4 is 18.1 Å². The normalized spacial score (nSPS) is 11.2. The number of hydrogen-bond donors (Lipinski definition) is 1. The van der Waals surface area contributed by atoms with Crippen LogP contribution in [0.5, 0.6) is 5.75 Å². The smallest absolute Gasteiger partial charge is 0.178 e. The molecule has 0 aliphatic heterocycles. The van der Waals surface area contributed by atoms with Gasteiger partial charge in [-0.1, -0.05) is 38.0 Å². The molecule has 0 aliphatic rings. The fourth-order valence-electron chi connectivity index (χ4n) is 1.72. The standard InChI is InChI=1S/C17H20O3/c1-2-3-4-5-6-7-16(19)10-8-14-9-11-17(20)15(12-14)13-18/h6-13,20H,2-5H2,1H3/b7-6+,10-8+. The molecule has 1 aromatic carbocycles. The van der Waals surface area contributed by atoms with Crippen LogP contribution in [0.4, 0.5) is 0 Å². The van der Waals surface area contributed by atoms with Crippen LogP contribution >= 0.6 is 0 Å². The van der Waals surface area contributed by atoms with E-state index in [4.69, 9.17) is 0 Å². The second-order valence-electron chi connectivity index (χ2n) is 4.57. The summed E-state index contributed by atoms with van der Waals surface area (Å²) in [6.07, 6.45) is 11.5. The number of benzene rings is 1. The third kappa shape index (κ3) is 5.65. The van der Waals surface area contributed by atoms with Gasteiger partial charge >= 0.3 is 0 Å². The van der Waals surface area contributed by atoms with Gasteiger partial charge < -0.3 is 5.11 Å². The summed E-state index contributed by atoms with van der Waals surface area (Å²) in [6, 6.07) is 4.63. The highest BCUT2D eigenvalue weighted by Crippen LogP contribution is 2.17. The zero-order valence-electron chi connectivity index (χ0n) is 11.7. The van der Waals surface area contributed by atoms with Crippen molar-refractivity contribution in [1.82, 2.24) is 0 Å². The van der Waals surface area contributed by atoms with E-state index in [-0.39, 0.29) is 17.1 Å². The van der Waals surface area contributed by atoms with E-state index in [2.05, 4.69) is 6.92 Å². The first-order valence-electron chi connectivity index (χ1n) is 6.84. The fourth-order valence-corrected chi connectivity index (χ4v) is 1.72. The van der Waals surface area contributed by atoms with Gasteiger partial charge in [-0.15, -0.1) is 0 Å². The Kier molecular flexibility index (Phi) is 7.04. The van der Waals surface area contributed by atoms with E-state index in [1.54, 1.807) is 18.2 Å². The lowest BCUT2D eigenvalue weighted by atomic mass is 10.1. The molecule has 0 saturated heterocycles. The number of phenolic OH excluding ortho intramolecular Hbond substituents is 1. The molecular formula is C17H20O3. The molecular weight excluding hydrogens is 252 g/mol. The number of allylic oxidation sites excluding steroid dienone is 3. The van der Waals surface area contributed by atoms with Crippen molar-refractivity contribution in [3.63, 3.8) is 0 Å². The predicted octanol–water partition coefficient (Wildman–Crippen LogP) is 3.92. The van der Waals surface area contributed by atoms with Gasteiger partial charge in [0, 0.05) is 0 Å². The van der Waals surface area contributed by atoms with Gasteiger partial charge in [-0.2, -0.15) is 0 Å². The molecule has 0 spiro atoms. The molecule has 3 nitrogen and oxygen atoms in total. The van der Waals surface area contributed by atoms with E-state index in [0.29, 0.717) is 11.8 Å². The SMILES string of the molecule is CCCCC/C=C/C(=O)/C=C/c1ccc(O)c(C=O)c1. The minimum absolute atomic E-state index is 0.0562. The molecule has 0 unspecified atom stereocenters. The van der Waals surface area contributed by atoms with Crippen molar-refractivity contribution in [2.75, 3.05) is 0 Å². The molecule has 0 radical (unpaired) electrons. The molecule has 0 atom stereocenters. The van der Waals surface area contributed by atoms with E-state index in [9.17, 15) is 14.7 Å². The van der Waals surface area contributed by atoms with Gasteiger partial charge in [-0.05, 0) is 42.7 Å². The van der Waals surface area contributed by atoms with E-state index in [0.717, 1.165) is 12.8 Å². The lowest BCUT2D eigenvalue weighted by Crippen LogP contribution is -1.86. The fraction of sp³-hybridized carbons (Fsp3) is 0.294. The number of aldehydes is 1. The molecule has 0 aliphatic carbocycles. The Balaban J connectivity index is 2.54. The first-order valence-corrected chi connectivity index (χ1v) is 6.84. The van der Waals surface area contributed by atoms with Crippen LogP contribution in [0, 0.1) is 0 Å². The van der Waals surface area contributed by atoms with Crippen LogP contribution in [-0.2, 0) is 4.79 Å². The van der Waals surface area contributed by atoms with Gasteiger partial charge in [0.05, 0.1) is 5.56 Å². The Morgan fingerprint density at radius 1 is 1.25 bits per heavy atom. The van der Waals surface area contributed by atoms with Crippen molar-refractivity contribution in [3.8, 4) is 5.75 Å². The Morgan fingerprint density at radius 2 is 2.05 bits per heavy atom. The van der Waals surface area contributed by atoms with Crippen LogP contribution in [0.1, 0.15) is 48.5 Å². The van der Waals surface area contributed by atoms with Crippen LogP contribution in [0.25, 0.3) is 6.08 Å². The molecule has 1 N–H and O–H groups in total. The van der Waals surface area contributed by atoms with E-state index < -0.39 is 0 Å². The number of carbonyl (C=O) groups is 2. The highest BCUT2D eigenvalue weighted by atomic mass is 16.3. The summed E-state index contributed by atoms with van der Waals surface area (Å²) in [6.45, 7) is 2.14. The average Bonchev–Trinajstić information content (AvgIpc) is 2.46. The van der Waals surface area contributed by atoms with Gasteiger partial charge in [-0.25, -0.2) is 0 Å². The van der Waals surface area contributed by atoms with Gasteiger partial charge in [0.2, 0.25) is 0 Å². The topological polar surface area (TPSA) is 54.4 Å². The maximum Gasteiger partial charge on any atom is 0.178 e. The van der Waals surface area contributed by atoms with E-state index >= 15 is 0 Å². The third-order valence-electron chi connectivity index (χ3n) is 2.88. The zero-order valence-corrected chi connectivity index (χ0v) is 11.7. The summed E-state index contributed by atoms with van der Waals surface area (Å²) in [5.74, 6) is -0.137. The number of hydrogen-bond acceptors (Lipinski definition) is 3. The Morgan fingerprint density at radius 3 is 2.75 bits per heavy atom. The molecule has 0 bridgehead atoms. The summed E-state index contributed by atoms with van der Waals surface area (Å²) >= 11 is 0. The quantitative estimate of drug-likeness (QED) is 0.443. The maximum absolute atomic E-state index is 11.6. The Bertz CT molecular complexity index is 513. The number of phenols is 1. The first kappa shape index (κ1) is 15.9. The molecule has 1 aromatic rings. The summed E-state index contributed by atoms with van der Waals surface area (Å²) in [7, 11) is 0. The highest BCUT2D eigenvalue weighted by Gasteiger charge is 1.99. The maximum atomic E-state index is 11.6. The molecule has 3 heteroatoms. The third-order valence-corrected chi connectivity index (χ3v) is 2.88. The van der Waals surface area contributed by atoms with Crippen LogP contribution < -0.4 is 0 Å². The zero-order chi connectivity index (χ0) is 14.8. The molecule has 1 rings (SSSR count). The van der Waals surface area contributed by atoms with Crippen LogP contribution in [-0.4, -0.2) is 17.2 Å². The summed E-state index contributed by atoms with van der Waals surface area (Å²) in [5, 5.41) is 9.37. The van der Waals surface area contributed by atoms with Crippen molar-refractivity contribution in [1.29, 1.82) is 0 Å². The van der Waals surface area contributed by atoms with Crippen LogP contribution in [0.3, 0.4) is 0 Å². The largest absolute Gasteiger partial charge is 0.507 e. The number of aromatic hydroxyl groups is 1. The lowest BCUT2D eigenvalue weighted by molar-refractivity contribution is -0.110. The minimum atomic E-state index is -0.0813. The van der Waals surface area contributed by atoms with Gasteiger partial charge in [0.25, 0.3) is 0 Å². The molecule has 20 heavy (non-hydrogen) atoms. The number of carbonyl (C=O) groups excluding carboxylic acids is 2. The van der Waals surface area contributed by atoms with Crippen molar-refractivity contribution in [2.24, 2.45) is 0 Å². The first-order chi connectivity index (χ1) is 9.67. The van der Waals surface area contributed by atoms with Crippen LogP contribution in [0.15, 0.2) is 36.4 Å². The van der Waals surface area contributed by atoms with Gasteiger partial charge in [-0.3, -0.25) is 9.59 Å². The van der Waals surface area contributed by atoms with Crippen molar-refractivity contribution in [2.45, 2.75) is 32.6 Å². The molecule has 0 amide bonds. The van der Waals surface area contributed by atoms with Crippen molar-refractivity contribution in [3.05, 3.63) is 47.6 Å². The molecule has 106 valence electrons.